The quantitative estimate of drug-likeness (QED) is 0.126. The second-order valence-corrected chi connectivity index (χ2v) is 13.1. The molecule has 0 aliphatic carbocycles. The molecular formula is C47H36N4. The Morgan fingerprint density at radius 3 is 1.51 bits per heavy atom. The normalized spacial score (nSPS) is 13.1. The van der Waals surface area contributed by atoms with Crippen LogP contribution in [0.3, 0.4) is 0 Å². The summed E-state index contributed by atoms with van der Waals surface area (Å²) >= 11 is 0. The Labute approximate surface area is 297 Å². The zero-order valence-electron chi connectivity index (χ0n) is 28.6. The fourth-order valence-corrected chi connectivity index (χ4v) is 7.40. The van der Waals surface area contributed by atoms with Gasteiger partial charge >= 0.3 is 0 Å². The van der Waals surface area contributed by atoms with Crippen LogP contribution in [0.4, 0.5) is 0 Å². The first-order valence-electron chi connectivity index (χ1n) is 17.5. The van der Waals surface area contributed by atoms with Crippen molar-refractivity contribution in [3.63, 3.8) is 0 Å². The molecular weight excluding hydrogens is 621 g/mol. The van der Waals surface area contributed by atoms with Crippen molar-refractivity contribution >= 4 is 55.2 Å². The van der Waals surface area contributed by atoms with E-state index in [-0.39, 0.29) is 6.04 Å². The number of rotatable bonds is 6. The van der Waals surface area contributed by atoms with Crippen molar-refractivity contribution in [1.29, 1.82) is 0 Å². The third-order valence-corrected chi connectivity index (χ3v) is 9.92. The number of para-hydroxylation sites is 4. The zero-order valence-corrected chi connectivity index (χ0v) is 28.6. The summed E-state index contributed by atoms with van der Waals surface area (Å²) in [5, 5.41) is 4.83. The van der Waals surface area contributed by atoms with Crippen molar-refractivity contribution in [2.75, 3.05) is 0 Å². The molecule has 7 aromatic carbocycles. The van der Waals surface area contributed by atoms with Crippen molar-refractivity contribution in [3.05, 3.63) is 193 Å². The van der Waals surface area contributed by atoms with Gasteiger partial charge in [-0.25, -0.2) is 4.99 Å². The number of hydrogen-bond acceptors (Lipinski definition) is 1. The molecule has 1 unspecified atom stereocenters. The molecule has 2 heterocycles. The maximum atomic E-state index is 5.40. The molecule has 0 amide bonds. The largest absolute Gasteiger partial charge is 0.309 e. The summed E-state index contributed by atoms with van der Waals surface area (Å²) < 4.78 is 4.69. The van der Waals surface area contributed by atoms with Crippen molar-refractivity contribution in [2.45, 2.75) is 19.9 Å². The Morgan fingerprint density at radius 1 is 0.451 bits per heavy atom. The predicted octanol–water partition coefficient (Wildman–Crippen LogP) is 11.9. The molecule has 51 heavy (non-hydrogen) atoms. The van der Waals surface area contributed by atoms with E-state index in [2.05, 4.69) is 193 Å². The van der Waals surface area contributed by atoms with Crippen LogP contribution in [-0.4, -0.2) is 20.7 Å². The van der Waals surface area contributed by atoms with E-state index in [9.17, 15) is 0 Å². The average molecular weight is 657 g/mol. The van der Waals surface area contributed by atoms with Gasteiger partial charge in [0.25, 0.3) is 0 Å². The van der Waals surface area contributed by atoms with Crippen LogP contribution in [0.2, 0.25) is 0 Å². The van der Waals surface area contributed by atoms with Gasteiger partial charge in [-0.3, -0.25) is 4.99 Å². The maximum Gasteiger partial charge on any atom is 0.155 e. The van der Waals surface area contributed by atoms with Gasteiger partial charge in [-0.2, -0.15) is 0 Å². The number of aromatic nitrogens is 2. The molecule has 0 N–H and O–H groups in total. The molecule has 9 aromatic rings. The number of nitrogens with zero attached hydrogens (tertiary/aromatic N) is 4. The minimum absolute atomic E-state index is 0.142. The third kappa shape index (κ3) is 5.42. The monoisotopic (exact) mass is 656 g/mol. The summed E-state index contributed by atoms with van der Waals surface area (Å²) in [6.45, 7) is 4.24. The van der Waals surface area contributed by atoms with Gasteiger partial charge in [0.2, 0.25) is 0 Å². The van der Waals surface area contributed by atoms with Crippen LogP contribution in [0.25, 0.3) is 55.0 Å². The highest BCUT2D eigenvalue weighted by Crippen LogP contribution is 2.36. The molecule has 244 valence electrons. The Hall–Kier alpha value is -6.52. The highest BCUT2D eigenvalue weighted by Gasteiger charge is 2.17. The van der Waals surface area contributed by atoms with Gasteiger partial charge in [-0.15, -0.1) is 0 Å². The highest BCUT2D eigenvalue weighted by molar-refractivity contribution is 6.16. The highest BCUT2D eigenvalue weighted by atomic mass is 15.0. The molecule has 0 aliphatic rings. The maximum absolute atomic E-state index is 5.40. The van der Waals surface area contributed by atoms with Crippen molar-refractivity contribution in [1.82, 2.24) is 9.13 Å². The van der Waals surface area contributed by atoms with Crippen LogP contribution in [0, 0.1) is 0 Å². The number of aliphatic imine (C=N–C) groups is 2. The van der Waals surface area contributed by atoms with Crippen LogP contribution in [0.15, 0.2) is 186 Å². The number of hydrogen-bond donors (Lipinski definition) is 0. The topological polar surface area (TPSA) is 34.6 Å². The van der Waals surface area contributed by atoms with Crippen molar-refractivity contribution in [3.8, 4) is 11.4 Å². The fourth-order valence-electron chi connectivity index (χ4n) is 7.40. The molecule has 0 fully saturated rings. The van der Waals surface area contributed by atoms with E-state index >= 15 is 0 Å². The number of amidine groups is 1. The average Bonchev–Trinajstić information content (AvgIpc) is 3.71. The van der Waals surface area contributed by atoms with E-state index in [0.717, 1.165) is 39.3 Å². The summed E-state index contributed by atoms with van der Waals surface area (Å²) in [5.41, 5.74) is 11.1. The van der Waals surface area contributed by atoms with Gasteiger partial charge in [-0.1, -0.05) is 109 Å². The first kappa shape index (κ1) is 30.5. The van der Waals surface area contributed by atoms with Gasteiger partial charge in [-0.05, 0) is 91.7 Å². The van der Waals surface area contributed by atoms with Crippen LogP contribution >= 0.6 is 0 Å². The van der Waals surface area contributed by atoms with Crippen LogP contribution in [0.1, 0.15) is 36.6 Å². The van der Waals surface area contributed by atoms with E-state index in [1.165, 1.54) is 38.1 Å². The molecule has 0 spiro atoms. The summed E-state index contributed by atoms with van der Waals surface area (Å²) in [6, 6.07) is 62.1. The van der Waals surface area contributed by atoms with Gasteiger partial charge < -0.3 is 9.13 Å². The molecule has 0 saturated carbocycles. The minimum Gasteiger partial charge on any atom is -0.309 e. The fraction of sp³-hybridized carbons (Fsp3) is 0.0638. The molecule has 0 radical (unpaired) electrons. The third-order valence-electron chi connectivity index (χ3n) is 9.92. The Bertz CT molecular complexity index is 2750. The number of benzene rings is 7. The number of fused-ring (bicyclic) bond motifs is 6. The van der Waals surface area contributed by atoms with Gasteiger partial charge in [0.05, 0.1) is 28.1 Å². The predicted molar refractivity (Wildman–Crippen MR) is 215 cm³/mol. The Balaban J connectivity index is 1.21. The van der Waals surface area contributed by atoms with Crippen LogP contribution < -0.4 is 0 Å². The lowest BCUT2D eigenvalue weighted by molar-refractivity contribution is 0.820. The smallest absolute Gasteiger partial charge is 0.155 e. The molecule has 4 heteroatoms. The van der Waals surface area contributed by atoms with E-state index in [1.54, 1.807) is 0 Å². The second kappa shape index (κ2) is 12.7. The minimum atomic E-state index is -0.142. The molecule has 1 atom stereocenters. The molecule has 0 aliphatic heterocycles. The lowest BCUT2D eigenvalue weighted by atomic mass is 10.0. The van der Waals surface area contributed by atoms with Gasteiger partial charge in [0.1, 0.15) is 0 Å². The summed E-state index contributed by atoms with van der Waals surface area (Å²) in [4.78, 5) is 10.6. The molecule has 9 rings (SSSR count). The second-order valence-electron chi connectivity index (χ2n) is 13.1. The van der Waals surface area contributed by atoms with E-state index in [1.807, 2.05) is 6.07 Å². The standard InChI is InChI=1S/C47H36N4/c1-32(34-16-6-3-7-17-34)48-47(36-27-29-46-42(31-36)40-23-13-15-25-44(40)51(46)38-20-10-5-11-21-38)49-33(2)35-26-28-45-41(30-35)39-22-12-14-24-43(39)50(45)37-18-8-4-9-19-37/h3-31,33H,1-2H3. The SMILES string of the molecule is CC(=NC(=NC(C)c1ccc2c(c1)c1ccccc1n2-c1ccccc1)c1ccc2c(c1)c1ccccc1n2-c1ccccc1)c1ccccc1. The molecule has 0 bridgehead atoms. The summed E-state index contributed by atoms with van der Waals surface area (Å²) in [7, 11) is 0. The molecule has 2 aromatic heterocycles. The van der Waals surface area contributed by atoms with Gasteiger partial charge in [0, 0.05) is 44.2 Å². The lowest BCUT2D eigenvalue weighted by Crippen LogP contribution is -2.06. The molecule has 4 nitrogen and oxygen atoms in total. The first-order chi connectivity index (χ1) is 25.1. The van der Waals surface area contributed by atoms with Gasteiger partial charge in [0.15, 0.2) is 5.84 Å². The Kier molecular flexibility index (Phi) is 7.63. The zero-order chi connectivity index (χ0) is 34.3. The molecule has 0 saturated heterocycles. The van der Waals surface area contributed by atoms with E-state index < -0.39 is 0 Å². The van der Waals surface area contributed by atoms with Crippen molar-refractivity contribution in [2.24, 2.45) is 9.98 Å². The van der Waals surface area contributed by atoms with E-state index in [0.29, 0.717) is 5.84 Å². The first-order valence-corrected chi connectivity index (χ1v) is 17.5. The lowest BCUT2D eigenvalue weighted by Gasteiger charge is -2.12. The van der Waals surface area contributed by atoms with E-state index in [4.69, 9.17) is 9.98 Å². The van der Waals surface area contributed by atoms with Crippen LogP contribution in [-0.2, 0) is 0 Å². The Morgan fingerprint density at radius 2 is 0.922 bits per heavy atom. The summed E-state index contributed by atoms with van der Waals surface area (Å²) in [5.74, 6) is 0.717. The summed E-state index contributed by atoms with van der Waals surface area (Å²) in [6.07, 6.45) is 0. The van der Waals surface area contributed by atoms with Crippen molar-refractivity contribution < 1.29 is 0 Å². The van der Waals surface area contributed by atoms with Crippen LogP contribution in [0.5, 0.6) is 0 Å².